The third-order valence-corrected chi connectivity index (χ3v) is 3.67. The molecule has 0 unspecified atom stereocenters. The zero-order valence-corrected chi connectivity index (χ0v) is 10.8. The summed E-state index contributed by atoms with van der Waals surface area (Å²) in [6.45, 7) is 0. The summed E-state index contributed by atoms with van der Waals surface area (Å²) < 4.78 is 22.2. The van der Waals surface area contributed by atoms with E-state index in [2.05, 4.69) is 4.98 Å². The van der Waals surface area contributed by atoms with Crippen molar-refractivity contribution in [3.63, 3.8) is 0 Å². The molecule has 2 aromatic rings. The van der Waals surface area contributed by atoms with Crippen molar-refractivity contribution in [2.75, 3.05) is 0 Å². The Morgan fingerprint density at radius 3 is 2.29 bits per heavy atom. The average molecular weight is 288 g/mol. The molecular weight excluding hydrogens is 281 g/mol. The van der Waals surface area contributed by atoms with E-state index in [1.54, 1.807) is 0 Å². The highest BCUT2D eigenvalue weighted by atomic mass is 35.7. The Labute approximate surface area is 108 Å². The van der Waals surface area contributed by atoms with Crippen LogP contribution in [0.5, 0.6) is 0 Å². The smallest absolute Gasteiger partial charge is 0.243 e. The number of pyridine rings is 1. The minimum Gasteiger partial charge on any atom is -0.243 e. The fourth-order valence-electron chi connectivity index (χ4n) is 1.38. The summed E-state index contributed by atoms with van der Waals surface area (Å²) in [6, 6.07) is 10.6. The predicted octanol–water partition coefficient (Wildman–Crippen LogP) is 3.33. The van der Waals surface area contributed by atoms with E-state index < -0.39 is 9.05 Å². The zero-order chi connectivity index (χ0) is 12.5. The Hall–Kier alpha value is -1.10. The summed E-state index contributed by atoms with van der Waals surface area (Å²) in [5.74, 6) is 0. The van der Waals surface area contributed by atoms with Gasteiger partial charge in [0.1, 0.15) is 0 Å². The van der Waals surface area contributed by atoms with Gasteiger partial charge in [0.15, 0.2) is 5.03 Å². The van der Waals surface area contributed by atoms with Gasteiger partial charge in [0.25, 0.3) is 9.05 Å². The Morgan fingerprint density at radius 2 is 1.76 bits per heavy atom. The number of hydrogen-bond acceptors (Lipinski definition) is 3. The molecule has 3 nitrogen and oxygen atoms in total. The number of hydrogen-bond donors (Lipinski definition) is 0. The molecule has 0 radical (unpaired) electrons. The molecule has 1 aromatic carbocycles. The second-order valence-electron chi connectivity index (χ2n) is 3.31. The largest absolute Gasteiger partial charge is 0.278 e. The maximum absolute atomic E-state index is 11.1. The quantitative estimate of drug-likeness (QED) is 0.796. The second-order valence-corrected chi connectivity index (χ2v) is 6.23. The van der Waals surface area contributed by atoms with Gasteiger partial charge in [-0.2, -0.15) is 0 Å². The van der Waals surface area contributed by atoms with Gasteiger partial charge in [-0.1, -0.05) is 41.9 Å². The van der Waals surface area contributed by atoms with Crippen LogP contribution in [0.15, 0.2) is 47.6 Å². The van der Waals surface area contributed by atoms with Crippen LogP contribution in [-0.2, 0) is 9.05 Å². The fraction of sp³-hybridized carbons (Fsp3) is 0. The molecule has 0 N–H and O–H groups in total. The van der Waals surface area contributed by atoms with E-state index in [4.69, 9.17) is 22.3 Å². The van der Waals surface area contributed by atoms with Crippen molar-refractivity contribution in [2.45, 2.75) is 5.03 Å². The highest BCUT2D eigenvalue weighted by Gasteiger charge is 2.14. The molecule has 0 saturated carbocycles. The van der Waals surface area contributed by atoms with Crippen LogP contribution in [-0.4, -0.2) is 13.4 Å². The number of halogens is 2. The molecule has 0 aliphatic heterocycles. The van der Waals surface area contributed by atoms with Crippen LogP contribution in [0.25, 0.3) is 11.1 Å². The molecule has 2 rings (SSSR count). The predicted molar refractivity (Wildman–Crippen MR) is 67.7 cm³/mol. The normalized spacial score (nSPS) is 11.4. The van der Waals surface area contributed by atoms with Gasteiger partial charge in [0.2, 0.25) is 0 Å². The highest BCUT2D eigenvalue weighted by Crippen LogP contribution is 2.29. The van der Waals surface area contributed by atoms with Gasteiger partial charge < -0.3 is 0 Å². The van der Waals surface area contributed by atoms with Crippen molar-refractivity contribution in [2.24, 2.45) is 0 Å². The second kappa shape index (κ2) is 4.64. The Kier molecular flexibility index (Phi) is 3.38. The van der Waals surface area contributed by atoms with Gasteiger partial charge in [0.05, 0.1) is 5.02 Å². The molecule has 6 heteroatoms. The van der Waals surface area contributed by atoms with Crippen molar-refractivity contribution >= 4 is 31.3 Å². The van der Waals surface area contributed by atoms with Gasteiger partial charge in [-0.15, -0.1) is 0 Å². The Balaban J connectivity index is 2.54. The number of rotatable bonds is 2. The first-order valence-electron chi connectivity index (χ1n) is 4.64. The van der Waals surface area contributed by atoms with Crippen LogP contribution in [0.4, 0.5) is 0 Å². The first-order valence-corrected chi connectivity index (χ1v) is 7.33. The summed E-state index contributed by atoms with van der Waals surface area (Å²) in [5, 5.41) is 0.0503. The lowest BCUT2D eigenvalue weighted by molar-refractivity contribution is 0.606. The number of aromatic nitrogens is 1. The first-order chi connectivity index (χ1) is 7.98. The molecule has 0 aliphatic rings. The lowest BCUT2D eigenvalue weighted by atomic mass is 10.1. The van der Waals surface area contributed by atoms with E-state index in [0.717, 1.165) is 5.56 Å². The topological polar surface area (TPSA) is 47.0 Å². The maximum atomic E-state index is 11.1. The summed E-state index contributed by atoms with van der Waals surface area (Å²) in [4.78, 5) is 3.78. The Bertz CT molecular complexity index is 642. The minimum absolute atomic E-state index is 0.246. The van der Waals surface area contributed by atoms with Gasteiger partial charge in [-0.05, 0) is 11.6 Å². The van der Waals surface area contributed by atoms with Gasteiger partial charge in [-0.3, -0.25) is 0 Å². The molecule has 1 heterocycles. The van der Waals surface area contributed by atoms with E-state index in [9.17, 15) is 8.42 Å². The molecule has 1 aromatic heterocycles. The van der Waals surface area contributed by atoms with Gasteiger partial charge in [-0.25, -0.2) is 13.4 Å². The van der Waals surface area contributed by atoms with Crippen LogP contribution in [0, 0.1) is 0 Å². The van der Waals surface area contributed by atoms with Crippen LogP contribution < -0.4 is 0 Å². The van der Waals surface area contributed by atoms with Crippen molar-refractivity contribution in [3.8, 4) is 11.1 Å². The molecule has 0 atom stereocenters. The lowest BCUT2D eigenvalue weighted by Gasteiger charge is -2.04. The van der Waals surface area contributed by atoms with E-state index in [1.807, 2.05) is 30.3 Å². The van der Waals surface area contributed by atoms with Crippen LogP contribution >= 0.6 is 22.3 Å². The standard InChI is InChI=1S/C11H7Cl2NO2S/c12-10-6-11(17(13,15)16)14-7-9(10)8-4-2-1-3-5-8/h1-7H. The summed E-state index contributed by atoms with van der Waals surface area (Å²) >= 11 is 6.01. The summed E-state index contributed by atoms with van der Waals surface area (Å²) in [6.07, 6.45) is 1.40. The van der Waals surface area contributed by atoms with E-state index in [-0.39, 0.29) is 5.03 Å². The van der Waals surface area contributed by atoms with E-state index in [0.29, 0.717) is 10.6 Å². The number of nitrogens with zero attached hydrogens (tertiary/aromatic N) is 1. The molecule has 0 aliphatic carbocycles. The molecule has 17 heavy (non-hydrogen) atoms. The molecule has 88 valence electrons. The Morgan fingerprint density at radius 1 is 1.12 bits per heavy atom. The van der Waals surface area contributed by atoms with E-state index in [1.165, 1.54) is 12.3 Å². The third-order valence-electron chi connectivity index (χ3n) is 2.16. The van der Waals surface area contributed by atoms with Crippen molar-refractivity contribution in [1.82, 2.24) is 4.98 Å². The van der Waals surface area contributed by atoms with E-state index >= 15 is 0 Å². The fourth-order valence-corrected chi connectivity index (χ4v) is 2.39. The van der Waals surface area contributed by atoms with Crippen LogP contribution in [0.3, 0.4) is 0 Å². The van der Waals surface area contributed by atoms with Gasteiger partial charge >= 0.3 is 0 Å². The SMILES string of the molecule is O=S(=O)(Cl)c1cc(Cl)c(-c2ccccc2)cn1. The van der Waals surface area contributed by atoms with Crippen molar-refractivity contribution in [3.05, 3.63) is 47.6 Å². The summed E-state index contributed by atoms with van der Waals surface area (Å²) in [7, 11) is 1.33. The molecule has 0 bridgehead atoms. The van der Waals surface area contributed by atoms with Gasteiger partial charge in [0, 0.05) is 22.4 Å². The molecule has 0 saturated heterocycles. The molecule has 0 amide bonds. The average Bonchev–Trinajstić information content (AvgIpc) is 2.29. The van der Waals surface area contributed by atoms with Crippen LogP contribution in [0.2, 0.25) is 5.02 Å². The van der Waals surface area contributed by atoms with Crippen molar-refractivity contribution in [1.29, 1.82) is 0 Å². The summed E-state index contributed by atoms with van der Waals surface area (Å²) in [5.41, 5.74) is 1.53. The monoisotopic (exact) mass is 287 g/mol. The first kappa shape index (κ1) is 12.4. The third kappa shape index (κ3) is 2.77. The number of benzene rings is 1. The molecular formula is C11H7Cl2NO2S. The van der Waals surface area contributed by atoms with Crippen molar-refractivity contribution < 1.29 is 8.42 Å². The minimum atomic E-state index is -3.85. The maximum Gasteiger partial charge on any atom is 0.278 e. The zero-order valence-electron chi connectivity index (χ0n) is 8.47. The molecule has 0 fully saturated rings. The molecule has 0 spiro atoms. The lowest BCUT2D eigenvalue weighted by Crippen LogP contribution is -1.95. The highest BCUT2D eigenvalue weighted by molar-refractivity contribution is 8.13. The van der Waals surface area contributed by atoms with Crippen LogP contribution in [0.1, 0.15) is 0 Å².